The largest absolute Gasteiger partial charge is 0.756 e. The van der Waals surface area contributed by atoms with Crippen molar-refractivity contribution in [2.75, 3.05) is 40.9 Å². The molecule has 0 aliphatic rings. The van der Waals surface area contributed by atoms with Gasteiger partial charge in [0, 0.05) is 6.42 Å². The van der Waals surface area contributed by atoms with Crippen LogP contribution in [0.4, 0.5) is 0 Å². The van der Waals surface area contributed by atoms with Crippen molar-refractivity contribution in [3.8, 4) is 0 Å². The summed E-state index contributed by atoms with van der Waals surface area (Å²) in [5, 5.41) is 14.0. The highest BCUT2D eigenvalue weighted by atomic mass is 31.2. The Labute approximate surface area is 578 Å². The van der Waals surface area contributed by atoms with E-state index in [0.717, 1.165) is 83.5 Å². The molecule has 0 radical (unpaired) electrons. The molecule has 0 aromatic rings. The van der Waals surface area contributed by atoms with E-state index in [2.05, 4.69) is 116 Å². The van der Waals surface area contributed by atoms with E-state index in [-0.39, 0.29) is 12.5 Å². The smallest absolute Gasteiger partial charge is 0.268 e. The number of phosphoric acid groups is 1. The number of hydrogen-bond acceptors (Lipinski definition) is 6. The minimum absolute atomic E-state index is 0.00860. The number of aliphatic hydroxyl groups excluding tert-OH is 1. The van der Waals surface area contributed by atoms with Gasteiger partial charge in [0.05, 0.1) is 39.9 Å². The summed E-state index contributed by atoms with van der Waals surface area (Å²) in [5.41, 5.74) is 0. The average molecular weight is 1320 g/mol. The second-order valence-corrected chi connectivity index (χ2v) is 29.4. The van der Waals surface area contributed by atoms with E-state index in [9.17, 15) is 19.4 Å². The number of hydrogen-bond donors (Lipinski definition) is 2. The summed E-state index contributed by atoms with van der Waals surface area (Å²) in [4.78, 5) is 25.7. The molecule has 0 rings (SSSR count). The van der Waals surface area contributed by atoms with Gasteiger partial charge >= 0.3 is 0 Å². The van der Waals surface area contributed by atoms with Crippen LogP contribution in [0, 0.1) is 0 Å². The summed E-state index contributed by atoms with van der Waals surface area (Å²) in [6.07, 6.45) is 108. The van der Waals surface area contributed by atoms with Crippen LogP contribution in [0.3, 0.4) is 0 Å². The predicted octanol–water partition coefficient (Wildman–Crippen LogP) is 25.5. The molecule has 8 nitrogen and oxygen atoms in total. The first-order valence-corrected chi connectivity index (χ1v) is 41.2. The highest BCUT2D eigenvalue weighted by Crippen LogP contribution is 2.38. The van der Waals surface area contributed by atoms with E-state index >= 15 is 0 Å². The number of carbonyl (C=O) groups excluding carboxylic acids is 1. The molecule has 0 aliphatic heterocycles. The maximum Gasteiger partial charge on any atom is 0.268 e. The Kier molecular flexibility index (Phi) is 71.2. The number of amides is 1. The maximum atomic E-state index is 13.1. The van der Waals surface area contributed by atoms with Crippen LogP contribution < -0.4 is 10.2 Å². The zero-order chi connectivity index (χ0) is 67.6. The zero-order valence-corrected chi connectivity index (χ0v) is 62.8. The quantitative estimate of drug-likeness (QED) is 0.0272. The first-order valence-electron chi connectivity index (χ1n) is 39.7. The number of rotatable bonds is 73. The molecule has 0 saturated carbocycles. The van der Waals surface area contributed by atoms with Crippen molar-refractivity contribution in [3.05, 3.63) is 109 Å². The monoisotopic (exact) mass is 1320 g/mol. The van der Waals surface area contributed by atoms with E-state index in [1.165, 1.54) is 263 Å². The molecule has 9 heteroatoms. The lowest BCUT2D eigenvalue weighted by atomic mass is 10.0. The van der Waals surface area contributed by atoms with Gasteiger partial charge in [-0.3, -0.25) is 9.36 Å². The fraction of sp³-hybridized carbons (Fsp3) is 0.774. The van der Waals surface area contributed by atoms with Gasteiger partial charge in [-0.1, -0.05) is 380 Å². The van der Waals surface area contributed by atoms with Crippen LogP contribution in [-0.2, 0) is 18.4 Å². The molecule has 0 aromatic heterocycles. The molecule has 0 saturated heterocycles. The van der Waals surface area contributed by atoms with Gasteiger partial charge in [0.1, 0.15) is 13.2 Å². The summed E-state index contributed by atoms with van der Waals surface area (Å²) in [6.45, 7) is 4.55. The van der Waals surface area contributed by atoms with Gasteiger partial charge < -0.3 is 28.8 Å². The number of phosphoric ester groups is 1. The lowest BCUT2D eigenvalue weighted by Crippen LogP contribution is -2.45. The third-order valence-corrected chi connectivity index (χ3v) is 18.7. The van der Waals surface area contributed by atoms with Gasteiger partial charge in [-0.15, -0.1) is 0 Å². The molecule has 3 atom stereocenters. The van der Waals surface area contributed by atoms with Crippen molar-refractivity contribution in [2.45, 2.75) is 379 Å². The predicted molar refractivity (Wildman–Crippen MR) is 408 cm³/mol. The van der Waals surface area contributed by atoms with Gasteiger partial charge in [-0.25, -0.2) is 0 Å². The molecule has 0 heterocycles. The second kappa shape index (κ2) is 73.4. The Morgan fingerprint density at radius 3 is 1.00 bits per heavy atom. The Morgan fingerprint density at radius 1 is 0.387 bits per heavy atom. The first-order chi connectivity index (χ1) is 45.5. The summed E-state index contributed by atoms with van der Waals surface area (Å²) in [5.74, 6) is -0.205. The standard InChI is InChI=1S/C84H153N2O6P/c1-6-8-10-12-14-16-18-20-22-24-26-28-30-32-34-36-38-40-41-42-43-44-45-46-48-50-52-54-56-58-60-62-64-66-68-70-72-74-76-78-84(88)85-82(81-92-93(89,90)91-80-79-86(3,4)5)83(87)77-75-73-71-69-67-65-63-61-59-57-55-53-51-49-47-39-37-35-33-31-29-27-25-23-21-19-17-15-13-11-9-7-2/h8,10,14,16,20,22,26,28,32,34,38,40,42-43,67,69,75,77,82-83,87H,6-7,9,11-13,15,17-19,21,23-25,27,29-31,33,35-37,39,41,44-66,68,70-74,76,78-81H2,1-5H3,(H-,85,88,89,90)/b10-8-,16-14-,22-20-,28-26-,34-32-,40-38-,43-42-,69-67+,77-75+. The van der Waals surface area contributed by atoms with Gasteiger partial charge in [0.25, 0.3) is 7.82 Å². The number of allylic oxidation sites excluding steroid dienone is 17. The summed E-state index contributed by atoms with van der Waals surface area (Å²) < 4.78 is 23.5. The molecule has 0 spiro atoms. The number of unbranched alkanes of at least 4 members (excludes halogenated alkanes) is 44. The molecule has 0 fully saturated rings. The fourth-order valence-corrected chi connectivity index (χ4v) is 12.3. The minimum Gasteiger partial charge on any atom is -0.756 e. The lowest BCUT2D eigenvalue weighted by molar-refractivity contribution is -0.870. The van der Waals surface area contributed by atoms with Crippen LogP contribution in [0.1, 0.15) is 367 Å². The molecule has 0 aliphatic carbocycles. The number of carbonyl (C=O) groups is 1. The van der Waals surface area contributed by atoms with Gasteiger partial charge in [-0.2, -0.15) is 0 Å². The van der Waals surface area contributed by atoms with Crippen LogP contribution in [0.25, 0.3) is 0 Å². The third kappa shape index (κ3) is 76.4. The van der Waals surface area contributed by atoms with Crippen molar-refractivity contribution in [1.29, 1.82) is 0 Å². The van der Waals surface area contributed by atoms with Gasteiger partial charge in [-0.05, 0) is 89.9 Å². The SMILES string of the molecule is CC/C=C\C/C=C\C/C=C\C/C=C\C/C=C\C/C=C\C/C=C\CCCCCCCCCCCCCCCCCCCC(=O)NC(COP(=O)([O-])OCC[N+](C)(C)C)C(O)/C=C/CC/C=C/CCCCCCCCCCCCCCCCCCCCCCCCCCCC. The van der Waals surface area contributed by atoms with E-state index < -0.39 is 26.6 Å². The third-order valence-electron chi connectivity index (χ3n) is 17.7. The highest BCUT2D eigenvalue weighted by Gasteiger charge is 2.23. The molecule has 2 N–H and O–H groups in total. The number of nitrogens with one attached hydrogen (secondary N) is 1. The molecule has 3 unspecified atom stereocenters. The molecule has 0 bridgehead atoms. The van der Waals surface area contributed by atoms with Crippen molar-refractivity contribution < 1.29 is 32.9 Å². The van der Waals surface area contributed by atoms with Crippen molar-refractivity contribution in [2.24, 2.45) is 0 Å². The Bertz CT molecular complexity index is 1890. The van der Waals surface area contributed by atoms with Gasteiger partial charge in [0.15, 0.2) is 0 Å². The van der Waals surface area contributed by atoms with Crippen LogP contribution in [0.2, 0.25) is 0 Å². The van der Waals surface area contributed by atoms with E-state index in [4.69, 9.17) is 9.05 Å². The number of aliphatic hydroxyl groups is 1. The lowest BCUT2D eigenvalue weighted by Gasteiger charge is -2.29. The average Bonchev–Trinajstić information content (AvgIpc) is 1.94. The molecule has 540 valence electrons. The molecule has 93 heavy (non-hydrogen) atoms. The summed E-state index contributed by atoms with van der Waals surface area (Å²) in [7, 11) is 1.25. The maximum absolute atomic E-state index is 13.1. The second-order valence-electron chi connectivity index (χ2n) is 28.0. The normalized spacial score (nSPS) is 14.1. The van der Waals surface area contributed by atoms with E-state index in [0.29, 0.717) is 17.4 Å². The zero-order valence-electron chi connectivity index (χ0n) is 61.9. The van der Waals surface area contributed by atoms with Crippen LogP contribution in [-0.4, -0.2) is 68.5 Å². The Morgan fingerprint density at radius 2 is 0.667 bits per heavy atom. The van der Waals surface area contributed by atoms with Crippen molar-refractivity contribution in [1.82, 2.24) is 5.32 Å². The van der Waals surface area contributed by atoms with Crippen LogP contribution >= 0.6 is 7.82 Å². The molecular weight excluding hydrogens is 1160 g/mol. The summed E-state index contributed by atoms with van der Waals surface area (Å²) in [6, 6.07) is -0.910. The topological polar surface area (TPSA) is 108 Å². The number of nitrogens with zero attached hydrogens (tertiary/aromatic N) is 1. The first kappa shape index (κ1) is 90.2. The molecular formula is C84H153N2O6P. The minimum atomic E-state index is -4.62. The van der Waals surface area contributed by atoms with E-state index in [1.54, 1.807) is 6.08 Å². The number of quaternary nitrogens is 1. The highest BCUT2D eigenvalue weighted by molar-refractivity contribution is 7.45. The Hall–Kier alpha value is -2.84. The van der Waals surface area contributed by atoms with Crippen molar-refractivity contribution in [3.63, 3.8) is 0 Å². The van der Waals surface area contributed by atoms with Crippen LogP contribution in [0.5, 0.6) is 0 Å². The Balaban J connectivity index is 4.03. The van der Waals surface area contributed by atoms with E-state index in [1.807, 2.05) is 27.2 Å². The van der Waals surface area contributed by atoms with Crippen LogP contribution in [0.15, 0.2) is 109 Å². The molecule has 0 aromatic carbocycles. The van der Waals surface area contributed by atoms with Crippen molar-refractivity contribution >= 4 is 13.7 Å². The molecule has 1 amide bonds. The number of likely N-dealkylation sites (N-methyl/N-ethyl adjacent to an activating group) is 1. The van der Waals surface area contributed by atoms with Gasteiger partial charge in [0.2, 0.25) is 5.91 Å². The fourth-order valence-electron chi connectivity index (χ4n) is 11.6. The summed E-state index contributed by atoms with van der Waals surface area (Å²) >= 11 is 0.